The molecular formula is C36H38Cl3N3O4S. The third-order valence-electron chi connectivity index (χ3n) is 7.58. The van der Waals surface area contributed by atoms with Crippen LogP contribution in [0.3, 0.4) is 0 Å². The van der Waals surface area contributed by atoms with Gasteiger partial charge in [0.05, 0.1) is 10.6 Å². The molecule has 11 heteroatoms. The van der Waals surface area contributed by atoms with Gasteiger partial charge in [0.2, 0.25) is 11.8 Å². The van der Waals surface area contributed by atoms with Crippen LogP contribution >= 0.6 is 34.8 Å². The van der Waals surface area contributed by atoms with E-state index in [1.54, 1.807) is 36.4 Å². The molecule has 248 valence electrons. The maximum atomic E-state index is 14.6. The summed E-state index contributed by atoms with van der Waals surface area (Å²) in [5.41, 5.74) is 2.87. The zero-order valence-electron chi connectivity index (χ0n) is 26.9. The van der Waals surface area contributed by atoms with Crippen molar-refractivity contribution in [1.82, 2.24) is 10.2 Å². The quantitative estimate of drug-likeness (QED) is 0.171. The number of amides is 2. The van der Waals surface area contributed by atoms with Gasteiger partial charge in [0, 0.05) is 33.6 Å². The van der Waals surface area contributed by atoms with E-state index in [1.165, 1.54) is 29.2 Å². The first-order valence-corrected chi connectivity index (χ1v) is 17.6. The summed E-state index contributed by atoms with van der Waals surface area (Å²) in [6.45, 7) is 8.68. The maximum Gasteiger partial charge on any atom is 0.264 e. The Bertz CT molecular complexity index is 1840. The van der Waals surface area contributed by atoms with E-state index < -0.39 is 40.0 Å². The SMILES string of the molecule is Cc1ccc(N(CC(=O)N(Cc2ccc(Cl)cc2Cl)[C@@H](Cc2ccccc2)C(=O)NC(C)(C)C)S(=O)(=O)c2ccc(Cl)cc2)cc1C. The van der Waals surface area contributed by atoms with Crippen LogP contribution in [0.4, 0.5) is 5.69 Å². The lowest BCUT2D eigenvalue weighted by Gasteiger charge is -2.35. The normalized spacial score (nSPS) is 12.3. The predicted molar refractivity (Wildman–Crippen MR) is 191 cm³/mol. The largest absolute Gasteiger partial charge is 0.350 e. The zero-order chi connectivity index (χ0) is 34.5. The molecule has 0 aliphatic rings. The van der Waals surface area contributed by atoms with Crippen molar-refractivity contribution >= 4 is 62.3 Å². The van der Waals surface area contributed by atoms with Crippen molar-refractivity contribution in [2.75, 3.05) is 10.8 Å². The lowest BCUT2D eigenvalue weighted by molar-refractivity contribution is -0.140. The van der Waals surface area contributed by atoms with Crippen LogP contribution in [0.1, 0.15) is 43.0 Å². The van der Waals surface area contributed by atoms with Gasteiger partial charge in [-0.05, 0) is 105 Å². The van der Waals surface area contributed by atoms with Crippen LogP contribution in [0.5, 0.6) is 0 Å². The molecule has 4 aromatic carbocycles. The number of sulfonamides is 1. The minimum atomic E-state index is -4.27. The Morgan fingerprint density at radius 1 is 0.809 bits per heavy atom. The topological polar surface area (TPSA) is 86.8 Å². The third-order valence-corrected chi connectivity index (χ3v) is 10.2. The number of carbonyl (C=O) groups is 2. The van der Waals surface area contributed by atoms with Gasteiger partial charge in [-0.1, -0.05) is 77.3 Å². The van der Waals surface area contributed by atoms with E-state index in [0.29, 0.717) is 26.3 Å². The molecule has 2 amide bonds. The van der Waals surface area contributed by atoms with Crippen LogP contribution in [-0.4, -0.2) is 43.3 Å². The minimum Gasteiger partial charge on any atom is -0.350 e. The van der Waals surface area contributed by atoms with Crippen molar-refractivity contribution in [3.8, 4) is 0 Å². The van der Waals surface area contributed by atoms with Crippen LogP contribution < -0.4 is 9.62 Å². The molecule has 0 bridgehead atoms. The second-order valence-corrected chi connectivity index (χ2v) is 15.6. The highest BCUT2D eigenvalue weighted by Crippen LogP contribution is 2.29. The van der Waals surface area contributed by atoms with E-state index in [2.05, 4.69) is 5.32 Å². The first-order chi connectivity index (χ1) is 22.0. The molecule has 4 aromatic rings. The van der Waals surface area contributed by atoms with Crippen LogP contribution in [0, 0.1) is 13.8 Å². The molecule has 0 unspecified atom stereocenters. The molecule has 0 aliphatic heterocycles. The van der Waals surface area contributed by atoms with Gasteiger partial charge in [-0.15, -0.1) is 0 Å². The molecule has 1 atom stereocenters. The number of benzene rings is 4. The Hall–Kier alpha value is -3.56. The van der Waals surface area contributed by atoms with E-state index in [0.717, 1.165) is 21.0 Å². The molecule has 47 heavy (non-hydrogen) atoms. The fourth-order valence-electron chi connectivity index (χ4n) is 4.98. The van der Waals surface area contributed by atoms with Gasteiger partial charge < -0.3 is 10.2 Å². The molecule has 0 saturated heterocycles. The zero-order valence-corrected chi connectivity index (χ0v) is 30.0. The fourth-order valence-corrected chi connectivity index (χ4v) is 6.98. The number of carbonyl (C=O) groups excluding carboxylic acids is 2. The smallest absolute Gasteiger partial charge is 0.264 e. The number of aryl methyl sites for hydroxylation is 2. The Morgan fingerprint density at radius 3 is 2.04 bits per heavy atom. The predicted octanol–water partition coefficient (Wildman–Crippen LogP) is 8.01. The molecule has 0 heterocycles. The van der Waals surface area contributed by atoms with E-state index >= 15 is 0 Å². The summed E-state index contributed by atoms with van der Waals surface area (Å²) < 4.78 is 29.5. The van der Waals surface area contributed by atoms with Gasteiger partial charge >= 0.3 is 0 Å². The van der Waals surface area contributed by atoms with Crippen molar-refractivity contribution in [1.29, 1.82) is 0 Å². The monoisotopic (exact) mass is 713 g/mol. The van der Waals surface area contributed by atoms with Gasteiger partial charge in [0.15, 0.2) is 0 Å². The van der Waals surface area contributed by atoms with E-state index in [1.807, 2.05) is 65.0 Å². The highest BCUT2D eigenvalue weighted by molar-refractivity contribution is 7.92. The molecule has 0 aliphatic carbocycles. The molecule has 0 spiro atoms. The molecule has 4 rings (SSSR count). The Balaban J connectivity index is 1.86. The molecule has 0 aromatic heterocycles. The summed E-state index contributed by atoms with van der Waals surface area (Å²) in [6.07, 6.45) is 0.174. The van der Waals surface area contributed by atoms with Crippen molar-refractivity contribution in [3.63, 3.8) is 0 Å². The van der Waals surface area contributed by atoms with Crippen LogP contribution in [-0.2, 0) is 32.6 Å². The molecule has 0 fully saturated rings. The number of nitrogens with one attached hydrogen (secondary N) is 1. The maximum absolute atomic E-state index is 14.6. The van der Waals surface area contributed by atoms with Crippen LogP contribution in [0.15, 0.2) is 95.9 Å². The summed E-state index contributed by atoms with van der Waals surface area (Å²) in [7, 11) is -4.27. The Kier molecular flexibility index (Phi) is 11.7. The summed E-state index contributed by atoms with van der Waals surface area (Å²) in [6, 6.07) is 24.2. The summed E-state index contributed by atoms with van der Waals surface area (Å²) in [5, 5.41) is 4.11. The first kappa shape index (κ1) is 36.3. The van der Waals surface area contributed by atoms with Gasteiger partial charge in [-0.25, -0.2) is 8.42 Å². The van der Waals surface area contributed by atoms with Crippen molar-refractivity contribution in [2.24, 2.45) is 0 Å². The van der Waals surface area contributed by atoms with Gasteiger partial charge in [-0.3, -0.25) is 13.9 Å². The second-order valence-electron chi connectivity index (χ2n) is 12.4. The second kappa shape index (κ2) is 15.1. The number of halogens is 3. The number of hydrogen-bond acceptors (Lipinski definition) is 4. The van der Waals surface area contributed by atoms with Crippen molar-refractivity contribution in [3.05, 3.63) is 128 Å². The standard InChI is InChI=1S/C36H38Cl3N3O4S/c1-24-11-16-30(19-25(24)2)42(47(45,46)31-17-14-28(37)15-18-31)23-34(43)41(22-27-12-13-29(38)21-32(27)39)33(35(44)40-36(3,4)5)20-26-9-7-6-8-10-26/h6-19,21,33H,20,22-23H2,1-5H3,(H,40,44)/t33-/m0/s1. The molecule has 1 N–H and O–H groups in total. The number of anilines is 1. The highest BCUT2D eigenvalue weighted by atomic mass is 35.5. The van der Waals surface area contributed by atoms with E-state index in [9.17, 15) is 18.0 Å². The van der Waals surface area contributed by atoms with Gasteiger partial charge in [-0.2, -0.15) is 0 Å². The molecule has 0 radical (unpaired) electrons. The van der Waals surface area contributed by atoms with Gasteiger partial charge in [0.25, 0.3) is 10.0 Å². The Labute approximate surface area is 292 Å². The number of hydrogen-bond donors (Lipinski definition) is 1. The van der Waals surface area contributed by atoms with Crippen LogP contribution in [0.25, 0.3) is 0 Å². The first-order valence-electron chi connectivity index (χ1n) is 15.0. The van der Waals surface area contributed by atoms with Crippen molar-refractivity contribution < 1.29 is 18.0 Å². The molecular weight excluding hydrogens is 677 g/mol. The highest BCUT2D eigenvalue weighted by Gasteiger charge is 2.36. The number of nitrogens with zero attached hydrogens (tertiary/aromatic N) is 2. The van der Waals surface area contributed by atoms with E-state index in [-0.39, 0.29) is 17.9 Å². The molecule has 7 nitrogen and oxygen atoms in total. The van der Waals surface area contributed by atoms with E-state index in [4.69, 9.17) is 34.8 Å². The summed E-state index contributed by atoms with van der Waals surface area (Å²) >= 11 is 18.8. The number of rotatable bonds is 11. The average Bonchev–Trinajstić information content (AvgIpc) is 2.99. The molecule has 0 saturated carbocycles. The Morgan fingerprint density at radius 2 is 1.45 bits per heavy atom. The van der Waals surface area contributed by atoms with Crippen LogP contribution in [0.2, 0.25) is 15.1 Å². The minimum absolute atomic E-state index is 0.0356. The lowest BCUT2D eigenvalue weighted by atomic mass is 10.0. The van der Waals surface area contributed by atoms with Crippen molar-refractivity contribution in [2.45, 2.75) is 64.1 Å². The third kappa shape index (κ3) is 9.51. The average molecular weight is 715 g/mol. The lowest BCUT2D eigenvalue weighted by Crippen LogP contribution is -2.56. The summed E-state index contributed by atoms with van der Waals surface area (Å²) in [5.74, 6) is -0.991. The van der Waals surface area contributed by atoms with Gasteiger partial charge in [0.1, 0.15) is 12.6 Å². The fraction of sp³-hybridized carbons (Fsp3) is 0.278. The summed E-state index contributed by atoms with van der Waals surface area (Å²) in [4.78, 5) is 30.0.